The highest BCUT2D eigenvalue weighted by Gasteiger charge is 2.23. The molecule has 0 saturated heterocycles. The number of carbonyl (C=O) groups excluding carboxylic acids is 2. The van der Waals surface area contributed by atoms with E-state index in [0.29, 0.717) is 12.4 Å². The van der Waals surface area contributed by atoms with Crippen LogP contribution in [0.25, 0.3) is 0 Å². The van der Waals surface area contributed by atoms with E-state index in [1.807, 2.05) is 52.0 Å². The summed E-state index contributed by atoms with van der Waals surface area (Å²) < 4.78 is 1.78. The fraction of sp³-hybridized carbons (Fsp3) is 0.450. The summed E-state index contributed by atoms with van der Waals surface area (Å²) >= 11 is 0. The van der Waals surface area contributed by atoms with Crippen LogP contribution in [0.3, 0.4) is 0 Å². The number of anilines is 1. The molecule has 0 fully saturated rings. The summed E-state index contributed by atoms with van der Waals surface area (Å²) in [7, 11) is 0. The average molecular weight is 371 g/mol. The first-order valence-electron chi connectivity index (χ1n) is 9.32. The molecule has 7 heteroatoms. The third-order valence-corrected chi connectivity index (χ3v) is 4.17. The largest absolute Gasteiger partial charge is 0.355 e. The summed E-state index contributed by atoms with van der Waals surface area (Å²) in [6.45, 7) is 8.84. The average Bonchev–Trinajstić information content (AvgIpc) is 3.07. The standard InChI is InChI=1S/C20H29N5O2/c1-5-10-21-17(26)13-25-12-11-22-19(25)18(14(2)3)24-20(27)23-16-8-6-15(4)7-9-16/h6-9,11-12,14,18H,5,10,13H2,1-4H3,(H,21,26)(H2,23,24,27)/t18-/m0/s1. The maximum atomic E-state index is 12.4. The highest BCUT2D eigenvalue weighted by Crippen LogP contribution is 2.20. The van der Waals surface area contributed by atoms with Crippen LogP contribution < -0.4 is 16.0 Å². The van der Waals surface area contributed by atoms with Gasteiger partial charge in [0.1, 0.15) is 12.4 Å². The van der Waals surface area contributed by atoms with Crippen molar-refractivity contribution >= 4 is 17.6 Å². The van der Waals surface area contributed by atoms with Gasteiger partial charge in [-0.2, -0.15) is 0 Å². The molecule has 0 saturated carbocycles. The molecule has 0 aliphatic heterocycles. The van der Waals surface area contributed by atoms with Gasteiger partial charge in [-0.25, -0.2) is 9.78 Å². The van der Waals surface area contributed by atoms with Gasteiger partial charge in [0.05, 0.1) is 6.04 Å². The molecule has 1 aromatic carbocycles. The fourth-order valence-electron chi connectivity index (χ4n) is 2.68. The molecule has 1 aromatic heterocycles. The van der Waals surface area contributed by atoms with E-state index in [0.717, 1.165) is 17.7 Å². The van der Waals surface area contributed by atoms with Crippen molar-refractivity contribution in [2.45, 2.75) is 46.7 Å². The quantitative estimate of drug-likeness (QED) is 0.666. The van der Waals surface area contributed by atoms with Crippen molar-refractivity contribution in [1.82, 2.24) is 20.2 Å². The van der Waals surface area contributed by atoms with Crippen LogP contribution in [0.4, 0.5) is 10.5 Å². The van der Waals surface area contributed by atoms with Gasteiger partial charge >= 0.3 is 6.03 Å². The number of benzene rings is 1. The number of aromatic nitrogens is 2. The monoisotopic (exact) mass is 371 g/mol. The Morgan fingerprint density at radius 1 is 1.19 bits per heavy atom. The van der Waals surface area contributed by atoms with Gasteiger partial charge in [0, 0.05) is 24.6 Å². The van der Waals surface area contributed by atoms with Crippen molar-refractivity contribution in [2.75, 3.05) is 11.9 Å². The van der Waals surface area contributed by atoms with E-state index < -0.39 is 0 Å². The number of carbonyl (C=O) groups is 2. The lowest BCUT2D eigenvalue weighted by Gasteiger charge is -2.23. The molecule has 0 bridgehead atoms. The summed E-state index contributed by atoms with van der Waals surface area (Å²) in [5, 5.41) is 8.67. The van der Waals surface area contributed by atoms with E-state index >= 15 is 0 Å². The lowest BCUT2D eigenvalue weighted by Crippen LogP contribution is -2.37. The van der Waals surface area contributed by atoms with E-state index in [2.05, 4.69) is 20.9 Å². The van der Waals surface area contributed by atoms with E-state index in [9.17, 15) is 9.59 Å². The highest BCUT2D eigenvalue weighted by molar-refractivity contribution is 5.89. The zero-order valence-corrected chi connectivity index (χ0v) is 16.5. The Labute approximate surface area is 160 Å². The lowest BCUT2D eigenvalue weighted by molar-refractivity contribution is -0.121. The Morgan fingerprint density at radius 3 is 2.52 bits per heavy atom. The third-order valence-electron chi connectivity index (χ3n) is 4.17. The zero-order valence-electron chi connectivity index (χ0n) is 16.5. The van der Waals surface area contributed by atoms with Crippen LogP contribution in [-0.4, -0.2) is 28.0 Å². The van der Waals surface area contributed by atoms with Gasteiger partial charge in [-0.1, -0.05) is 38.5 Å². The Morgan fingerprint density at radius 2 is 1.89 bits per heavy atom. The molecule has 1 atom stereocenters. The Kier molecular flexibility index (Phi) is 7.40. The molecule has 27 heavy (non-hydrogen) atoms. The topological polar surface area (TPSA) is 88.1 Å². The van der Waals surface area contributed by atoms with Gasteiger partial charge in [-0.05, 0) is 31.4 Å². The van der Waals surface area contributed by atoms with Crippen LogP contribution in [0, 0.1) is 12.8 Å². The second-order valence-electron chi connectivity index (χ2n) is 6.95. The van der Waals surface area contributed by atoms with Crippen molar-refractivity contribution in [3.05, 3.63) is 48.0 Å². The van der Waals surface area contributed by atoms with Gasteiger partial charge < -0.3 is 20.5 Å². The molecule has 0 aliphatic carbocycles. The lowest BCUT2D eigenvalue weighted by atomic mass is 10.0. The summed E-state index contributed by atoms with van der Waals surface area (Å²) in [5.74, 6) is 0.701. The number of aryl methyl sites for hydroxylation is 1. The van der Waals surface area contributed by atoms with Crippen LogP contribution in [0.15, 0.2) is 36.7 Å². The minimum absolute atomic E-state index is 0.0669. The summed E-state index contributed by atoms with van der Waals surface area (Å²) in [6, 6.07) is 6.98. The molecule has 0 spiro atoms. The van der Waals surface area contributed by atoms with Crippen LogP contribution in [0.5, 0.6) is 0 Å². The van der Waals surface area contributed by atoms with Crippen molar-refractivity contribution < 1.29 is 9.59 Å². The number of amides is 3. The first-order chi connectivity index (χ1) is 12.9. The van der Waals surface area contributed by atoms with Crippen LogP contribution in [0.2, 0.25) is 0 Å². The number of rotatable bonds is 8. The molecule has 0 unspecified atom stereocenters. The molecule has 146 valence electrons. The minimum atomic E-state index is -0.315. The maximum Gasteiger partial charge on any atom is 0.319 e. The van der Waals surface area contributed by atoms with Crippen LogP contribution in [-0.2, 0) is 11.3 Å². The fourth-order valence-corrected chi connectivity index (χ4v) is 2.68. The summed E-state index contributed by atoms with van der Waals surface area (Å²) in [5.41, 5.74) is 1.85. The van der Waals surface area contributed by atoms with E-state index in [1.54, 1.807) is 17.0 Å². The predicted molar refractivity (Wildman–Crippen MR) is 106 cm³/mol. The zero-order chi connectivity index (χ0) is 19.8. The van der Waals surface area contributed by atoms with Gasteiger partial charge in [0.15, 0.2) is 0 Å². The van der Waals surface area contributed by atoms with Crippen LogP contribution >= 0.6 is 0 Å². The van der Waals surface area contributed by atoms with Crippen molar-refractivity contribution in [1.29, 1.82) is 0 Å². The number of nitrogens with zero attached hydrogens (tertiary/aromatic N) is 2. The predicted octanol–water partition coefficient (Wildman–Crippen LogP) is 3.24. The Bertz CT molecular complexity index is 752. The van der Waals surface area contributed by atoms with E-state index in [1.165, 1.54) is 0 Å². The molecule has 3 amide bonds. The molecule has 2 aromatic rings. The highest BCUT2D eigenvalue weighted by atomic mass is 16.2. The number of hydrogen-bond acceptors (Lipinski definition) is 3. The minimum Gasteiger partial charge on any atom is -0.355 e. The molecule has 0 radical (unpaired) electrons. The van der Waals surface area contributed by atoms with E-state index in [-0.39, 0.29) is 30.4 Å². The van der Waals surface area contributed by atoms with Gasteiger partial charge in [-0.3, -0.25) is 4.79 Å². The normalized spacial score (nSPS) is 11.9. The number of imidazole rings is 1. The van der Waals surface area contributed by atoms with Gasteiger partial charge in [0.25, 0.3) is 0 Å². The second kappa shape index (κ2) is 9.75. The Balaban J connectivity index is 2.06. The van der Waals surface area contributed by atoms with E-state index in [4.69, 9.17) is 0 Å². The van der Waals surface area contributed by atoms with Crippen LogP contribution in [0.1, 0.15) is 44.6 Å². The number of urea groups is 1. The summed E-state index contributed by atoms with van der Waals surface area (Å²) in [6.07, 6.45) is 4.30. The molecule has 3 N–H and O–H groups in total. The SMILES string of the molecule is CCCNC(=O)Cn1ccnc1[C@@H](NC(=O)Nc1ccc(C)cc1)C(C)C. The molecule has 2 rings (SSSR count). The van der Waals surface area contributed by atoms with Gasteiger partial charge in [-0.15, -0.1) is 0 Å². The Hall–Kier alpha value is -2.83. The number of nitrogens with one attached hydrogen (secondary N) is 3. The molecular formula is C20H29N5O2. The van der Waals surface area contributed by atoms with Crippen molar-refractivity contribution in [3.8, 4) is 0 Å². The van der Waals surface area contributed by atoms with Crippen molar-refractivity contribution in [2.24, 2.45) is 5.92 Å². The first-order valence-corrected chi connectivity index (χ1v) is 9.32. The molecule has 0 aliphatic rings. The second-order valence-corrected chi connectivity index (χ2v) is 6.95. The maximum absolute atomic E-state index is 12.4. The molecule has 1 heterocycles. The van der Waals surface area contributed by atoms with Crippen molar-refractivity contribution in [3.63, 3.8) is 0 Å². The number of hydrogen-bond donors (Lipinski definition) is 3. The summed E-state index contributed by atoms with van der Waals surface area (Å²) in [4.78, 5) is 28.9. The molecular weight excluding hydrogens is 342 g/mol. The van der Waals surface area contributed by atoms with Gasteiger partial charge in [0.2, 0.25) is 5.91 Å². The smallest absolute Gasteiger partial charge is 0.319 e. The first kappa shape index (κ1) is 20.5. The molecule has 7 nitrogen and oxygen atoms in total. The third kappa shape index (κ3) is 6.13.